The lowest BCUT2D eigenvalue weighted by atomic mass is 9.60. The van der Waals surface area contributed by atoms with Crippen LogP contribution in [0.4, 0.5) is 0 Å². The van der Waals surface area contributed by atoms with E-state index in [0.717, 1.165) is 18.8 Å². The van der Waals surface area contributed by atoms with Crippen molar-refractivity contribution in [2.24, 2.45) is 17.1 Å². The topological polar surface area (TPSA) is 46.2 Å². The molecule has 2 nitrogen and oxygen atoms in total. The van der Waals surface area contributed by atoms with Gasteiger partial charge in [-0.2, -0.15) is 0 Å². The number of rotatable bonds is 5. The number of aliphatic hydroxyl groups is 1. The van der Waals surface area contributed by atoms with E-state index in [-0.39, 0.29) is 5.41 Å². The predicted molar refractivity (Wildman–Crippen MR) is 84.5 cm³/mol. The lowest BCUT2D eigenvalue weighted by Gasteiger charge is -2.49. The summed E-state index contributed by atoms with van der Waals surface area (Å²) in [5, 5.41) is 11.1. The van der Waals surface area contributed by atoms with Gasteiger partial charge in [0.25, 0.3) is 0 Å². The molecule has 0 bridgehead atoms. The SMILES string of the molecule is CCC1CCC(CN)(C(C)(O)Cc2ccccc2)CC1. The average Bonchev–Trinajstić information content (AvgIpc) is 2.47. The third-order valence-electron chi connectivity index (χ3n) is 5.56. The molecule has 0 radical (unpaired) electrons. The molecule has 1 atom stereocenters. The first-order valence-electron chi connectivity index (χ1n) is 7.99. The predicted octanol–water partition coefficient (Wildman–Crippen LogP) is 3.53. The first kappa shape index (κ1) is 15.5. The second-order valence-corrected chi connectivity index (χ2v) is 6.77. The minimum Gasteiger partial charge on any atom is -0.389 e. The lowest BCUT2D eigenvalue weighted by Crippen LogP contribution is -2.53. The third-order valence-corrected chi connectivity index (χ3v) is 5.56. The Balaban J connectivity index is 2.13. The molecule has 0 spiro atoms. The molecular formula is C18H29NO. The van der Waals surface area contributed by atoms with Gasteiger partial charge in [0.1, 0.15) is 0 Å². The second kappa shape index (κ2) is 6.28. The fraction of sp³-hybridized carbons (Fsp3) is 0.667. The van der Waals surface area contributed by atoms with E-state index in [0.29, 0.717) is 13.0 Å². The summed E-state index contributed by atoms with van der Waals surface area (Å²) in [6, 6.07) is 10.3. The van der Waals surface area contributed by atoms with Crippen molar-refractivity contribution in [3.8, 4) is 0 Å². The number of nitrogens with two attached hydrogens (primary N) is 1. The van der Waals surface area contributed by atoms with Crippen LogP contribution in [0.25, 0.3) is 0 Å². The maximum atomic E-state index is 11.1. The van der Waals surface area contributed by atoms with E-state index in [1.54, 1.807) is 0 Å². The third kappa shape index (κ3) is 3.07. The number of benzene rings is 1. The van der Waals surface area contributed by atoms with Gasteiger partial charge in [-0.15, -0.1) is 0 Å². The summed E-state index contributed by atoms with van der Waals surface area (Å²) < 4.78 is 0. The van der Waals surface area contributed by atoms with Gasteiger partial charge < -0.3 is 10.8 Å². The molecule has 2 heteroatoms. The Bertz CT molecular complexity index is 405. The molecule has 2 rings (SSSR count). The van der Waals surface area contributed by atoms with Gasteiger partial charge in [0, 0.05) is 18.4 Å². The molecule has 0 heterocycles. The van der Waals surface area contributed by atoms with E-state index >= 15 is 0 Å². The molecule has 0 saturated heterocycles. The van der Waals surface area contributed by atoms with Crippen molar-refractivity contribution in [1.29, 1.82) is 0 Å². The van der Waals surface area contributed by atoms with E-state index in [1.807, 2.05) is 25.1 Å². The fourth-order valence-corrected chi connectivity index (χ4v) is 3.78. The van der Waals surface area contributed by atoms with Crippen molar-refractivity contribution in [2.45, 2.75) is 58.0 Å². The summed E-state index contributed by atoms with van der Waals surface area (Å²) in [6.07, 6.45) is 6.48. The monoisotopic (exact) mass is 275 g/mol. The minimum absolute atomic E-state index is 0.117. The highest BCUT2D eigenvalue weighted by molar-refractivity contribution is 5.18. The van der Waals surface area contributed by atoms with Gasteiger partial charge in [-0.25, -0.2) is 0 Å². The van der Waals surface area contributed by atoms with Crippen LogP contribution in [0.1, 0.15) is 51.5 Å². The summed E-state index contributed by atoms with van der Waals surface area (Å²) in [6.45, 7) is 4.84. The number of hydrogen-bond acceptors (Lipinski definition) is 2. The molecule has 1 aliphatic rings. The molecule has 3 N–H and O–H groups in total. The standard InChI is InChI=1S/C18H29NO/c1-3-15-9-11-18(14-19,12-10-15)17(2,20)13-16-7-5-4-6-8-16/h4-8,15,20H,3,9-14,19H2,1-2H3. The van der Waals surface area contributed by atoms with Gasteiger partial charge in [-0.1, -0.05) is 43.7 Å². The van der Waals surface area contributed by atoms with Crippen LogP contribution < -0.4 is 5.73 Å². The van der Waals surface area contributed by atoms with Crippen molar-refractivity contribution in [3.05, 3.63) is 35.9 Å². The molecule has 112 valence electrons. The Morgan fingerprint density at radius 1 is 1.25 bits per heavy atom. The van der Waals surface area contributed by atoms with E-state index in [4.69, 9.17) is 5.73 Å². The first-order valence-corrected chi connectivity index (χ1v) is 7.99. The van der Waals surface area contributed by atoms with E-state index in [2.05, 4.69) is 19.1 Å². The summed E-state index contributed by atoms with van der Waals surface area (Å²) in [5.41, 5.74) is 6.47. The van der Waals surface area contributed by atoms with Crippen LogP contribution in [-0.4, -0.2) is 17.3 Å². The zero-order valence-corrected chi connectivity index (χ0v) is 12.9. The smallest absolute Gasteiger partial charge is 0.0727 e. The van der Waals surface area contributed by atoms with Crippen LogP contribution in [-0.2, 0) is 6.42 Å². The first-order chi connectivity index (χ1) is 9.53. The van der Waals surface area contributed by atoms with Gasteiger partial charge in [-0.05, 0) is 44.1 Å². The molecule has 1 unspecified atom stereocenters. The van der Waals surface area contributed by atoms with Crippen LogP contribution >= 0.6 is 0 Å². The summed E-state index contributed by atoms with van der Waals surface area (Å²) >= 11 is 0. The van der Waals surface area contributed by atoms with E-state index in [1.165, 1.54) is 24.8 Å². The van der Waals surface area contributed by atoms with Crippen molar-refractivity contribution in [2.75, 3.05) is 6.54 Å². The molecule has 1 aliphatic carbocycles. The highest BCUT2D eigenvalue weighted by atomic mass is 16.3. The quantitative estimate of drug-likeness (QED) is 0.863. The molecule has 1 saturated carbocycles. The Morgan fingerprint density at radius 3 is 2.35 bits per heavy atom. The molecule has 0 aliphatic heterocycles. The van der Waals surface area contributed by atoms with Crippen LogP contribution in [0.5, 0.6) is 0 Å². The van der Waals surface area contributed by atoms with Gasteiger partial charge in [0.15, 0.2) is 0 Å². The maximum Gasteiger partial charge on any atom is 0.0727 e. The molecular weight excluding hydrogens is 246 g/mol. The van der Waals surface area contributed by atoms with Crippen molar-refractivity contribution < 1.29 is 5.11 Å². The summed E-state index contributed by atoms with van der Waals surface area (Å²) in [4.78, 5) is 0. The minimum atomic E-state index is -0.720. The molecule has 20 heavy (non-hydrogen) atoms. The zero-order chi connectivity index (χ0) is 14.6. The van der Waals surface area contributed by atoms with Crippen LogP contribution in [0, 0.1) is 11.3 Å². The molecule has 0 aromatic heterocycles. The van der Waals surface area contributed by atoms with Crippen LogP contribution in [0.15, 0.2) is 30.3 Å². The van der Waals surface area contributed by atoms with Crippen LogP contribution in [0.3, 0.4) is 0 Å². The summed E-state index contributed by atoms with van der Waals surface area (Å²) in [5.74, 6) is 0.821. The highest BCUT2D eigenvalue weighted by Crippen LogP contribution is 2.47. The largest absolute Gasteiger partial charge is 0.389 e. The Labute approximate surface area is 123 Å². The highest BCUT2D eigenvalue weighted by Gasteiger charge is 2.47. The van der Waals surface area contributed by atoms with Crippen LogP contribution in [0.2, 0.25) is 0 Å². The van der Waals surface area contributed by atoms with Gasteiger partial charge in [0.05, 0.1) is 5.60 Å². The molecule has 1 aromatic carbocycles. The van der Waals surface area contributed by atoms with E-state index in [9.17, 15) is 5.11 Å². The van der Waals surface area contributed by atoms with E-state index < -0.39 is 5.60 Å². The Hall–Kier alpha value is -0.860. The number of hydrogen-bond donors (Lipinski definition) is 2. The van der Waals surface area contributed by atoms with Crippen molar-refractivity contribution in [1.82, 2.24) is 0 Å². The lowest BCUT2D eigenvalue weighted by molar-refractivity contribution is -0.0912. The Morgan fingerprint density at radius 2 is 1.85 bits per heavy atom. The van der Waals surface area contributed by atoms with Crippen molar-refractivity contribution in [3.63, 3.8) is 0 Å². The Kier molecular flexibility index (Phi) is 4.87. The van der Waals surface area contributed by atoms with Gasteiger partial charge >= 0.3 is 0 Å². The van der Waals surface area contributed by atoms with Gasteiger partial charge in [-0.3, -0.25) is 0 Å². The second-order valence-electron chi connectivity index (χ2n) is 6.77. The fourth-order valence-electron chi connectivity index (χ4n) is 3.78. The maximum absolute atomic E-state index is 11.1. The summed E-state index contributed by atoms with van der Waals surface area (Å²) in [7, 11) is 0. The molecule has 1 aromatic rings. The normalized spacial score (nSPS) is 29.9. The zero-order valence-electron chi connectivity index (χ0n) is 12.9. The van der Waals surface area contributed by atoms with Gasteiger partial charge in [0.2, 0.25) is 0 Å². The molecule has 0 amide bonds. The molecule has 1 fully saturated rings. The van der Waals surface area contributed by atoms with Crippen molar-refractivity contribution >= 4 is 0 Å². The average molecular weight is 275 g/mol.